The van der Waals surface area contributed by atoms with Crippen LogP contribution in [0.5, 0.6) is 0 Å². The molecule has 1 N–H and O–H groups in total. The van der Waals surface area contributed by atoms with Gasteiger partial charge in [0, 0.05) is 18.0 Å². The molecule has 1 amide bonds. The van der Waals surface area contributed by atoms with Crippen LogP contribution in [0.1, 0.15) is 51.0 Å². The van der Waals surface area contributed by atoms with Gasteiger partial charge in [-0.3, -0.25) is 0 Å². The van der Waals surface area contributed by atoms with E-state index in [4.69, 9.17) is 9.26 Å². The SMILES string of the molecule is Cc1cc(C2CC(NC(=O)OC(C)(C)C)C2)on1. The van der Waals surface area contributed by atoms with Crippen LogP contribution in [-0.4, -0.2) is 22.9 Å². The maximum absolute atomic E-state index is 11.5. The molecule has 1 aliphatic carbocycles. The molecule has 1 aliphatic rings. The third-order valence-corrected chi connectivity index (χ3v) is 2.91. The Morgan fingerprint density at radius 1 is 1.50 bits per heavy atom. The molecule has 1 fully saturated rings. The van der Waals surface area contributed by atoms with Crippen LogP contribution >= 0.6 is 0 Å². The summed E-state index contributed by atoms with van der Waals surface area (Å²) < 4.78 is 10.4. The van der Waals surface area contributed by atoms with E-state index in [2.05, 4.69) is 10.5 Å². The highest BCUT2D eigenvalue weighted by Gasteiger charge is 2.34. The predicted molar refractivity (Wildman–Crippen MR) is 66.4 cm³/mol. The van der Waals surface area contributed by atoms with E-state index in [0.29, 0.717) is 5.92 Å². The number of hydrogen-bond donors (Lipinski definition) is 1. The highest BCUT2D eigenvalue weighted by atomic mass is 16.6. The van der Waals surface area contributed by atoms with Crippen LogP contribution in [0.25, 0.3) is 0 Å². The molecule has 18 heavy (non-hydrogen) atoms. The first-order valence-corrected chi connectivity index (χ1v) is 6.26. The third kappa shape index (κ3) is 3.24. The van der Waals surface area contributed by atoms with Crippen molar-refractivity contribution >= 4 is 6.09 Å². The smallest absolute Gasteiger partial charge is 0.407 e. The Balaban J connectivity index is 1.75. The first-order chi connectivity index (χ1) is 8.33. The second-order valence-electron chi connectivity index (χ2n) is 5.88. The lowest BCUT2D eigenvalue weighted by atomic mass is 9.79. The Labute approximate surface area is 107 Å². The fourth-order valence-corrected chi connectivity index (χ4v) is 2.02. The fraction of sp³-hybridized carbons (Fsp3) is 0.692. The number of hydrogen-bond acceptors (Lipinski definition) is 4. The molecule has 0 saturated heterocycles. The fourth-order valence-electron chi connectivity index (χ4n) is 2.02. The minimum atomic E-state index is -0.449. The lowest BCUT2D eigenvalue weighted by molar-refractivity contribution is 0.0466. The predicted octanol–water partition coefficient (Wildman–Crippen LogP) is 2.75. The number of nitrogens with one attached hydrogen (secondary N) is 1. The van der Waals surface area contributed by atoms with Gasteiger partial charge in [-0.05, 0) is 40.5 Å². The van der Waals surface area contributed by atoms with Crippen molar-refractivity contribution in [3.8, 4) is 0 Å². The van der Waals surface area contributed by atoms with Gasteiger partial charge in [-0.2, -0.15) is 0 Å². The molecule has 0 atom stereocenters. The second kappa shape index (κ2) is 4.63. The summed E-state index contributed by atoms with van der Waals surface area (Å²) in [5.41, 5.74) is 0.448. The Bertz CT molecular complexity index is 428. The summed E-state index contributed by atoms with van der Waals surface area (Å²) >= 11 is 0. The molecular formula is C13H20N2O3. The average Bonchev–Trinajstić information content (AvgIpc) is 2.54. The number of ether oxygens (including phenoxy) is 1. The van der Waals surface area contributed by atoms with E-state index in [0.717, 1.165) is 24.3 Å². The van der Waals surface area contributed by atoms with Gasteiger partial charge in [0.2, 0.25) is 0 Å². The van der Waals surface area contributed by atoms with Gasteiger partial charge in [-0.15, -0.1) is 0 Å². The van der Waals surface area contributed by atoms with Crippen LogP contribution in [-0.2, 0) is 4.74 Å². The normalized spacial score (nSPS) is 23.3. The molecule has 0 bridgehead atoms. The molecule has 5 nitrogen and oxygen atoms in total. The van der Waals surface area contributed by atoms with Crippen molar-refractivity contribution in [3.63, 3.8) is 0 Å². The van der Waals surface area contributed by atoms with Crippen molar-refractivity contribution < 1.29 is 14.1 Å². The Morgan fingerprint density at radius 3 is 2.67 bits per heavy atom. The molecule has 0 aliphatic heterocycles. The van der Waals surface area contributed by atoms with Gasteiger partial charge < -0.3 is 14.6 Å². The number of amides is 1. The van der Waals surface area contributed by atoms with Gasteiger partial charge >= 0.3 is 6.09 Å². The highest BCUT2D eigenvalue weighted by Crippen LogP contribution is 2.37. The van der Waals surface area contributed by atoms with Gasteiger partial charge in [0.15, 0.2) is 0 Å². The topological polar surface area (TPSA) is 64.4 Å². The maximum atomic E-state index is 11.5. The van der Waals surface area contributed by atoms with E-state index in [1.807, 2.05) is 33.8 Å². The Kier molecular flexibility index (Phi) is 3.32. The summed E-state index contributed by atoms with van der Waals surface area (Å²) in [5, 5.41) is 6.72. The highest BCUT2D eigenvalue weighted by molar-refractivity contribution is 5.68. The number of nitrogens with zero attached hydrogens (tertiary/aromatic N) is 1. The summed E-state index contributed by atoms with van der Waals surface area (Å²) in [5.74, 6) is 1.28. The molecule has 0 radical (unpaired) electrons. The molecule has 0 aromatic carbocycles. The zero-order valence-corrected chi connectivity index (χ0v) is 11.3. The van der Waals surface area contributed by atoms with E-state index in [9.17, 15) is 4.79 Å². The molecule has 0 unspecified atom stereocenters. The van der Waals surface area contributed by atoms with Crippen molar-refractivity contribution in [3.05, 3.63) is 17.5 Å². The number of carbonyl (C=O) groups excluding carboxylic acids is 1. The van der Waals surface area contributed by atoms with E-state index in [-0.39, 0.29) is 12.1 Å². The summed E-state index contributed by atoms with van der Waals surface area (Å²) in [4.78, 5) is 11.5. The van der Waals surface area contributed by atoms with Crippen LogP contribution in [0.2, 0.25) is 0 Å². The van der Waals surface area contributed by atoms with E-state index in [1.165, 1.54) is 0 Å². The summed E-state index contributed by atoms with van der Waals surface area (Å²) in [6.07, 6.45) is 1.42. The zero-order valence-electron chi connectivity index (χ0n) is 11.3. The molecule has 1 saturated carbocycles. The minimum absolute atomic E-state index is 0.176. The lowest BCUT2D eigenvalue weighted by Gasteiger charge is -2.34. The lowest BCUT2D eigenvalue weighted by Crippen LogP contribution is -2.45. The van der Waals surface area contributed by atoms with E-state index < -0.39 is 5.60 Å². The zero-order chi connectivity index (χ0) is 13.3. The van der Waals surface area contributed by atoms with Crippen molar-refractivity contribution in [2.45, 2.75) is 58.1 Å². The van der Waals surface area contributed by atoms with Crippen molar-refractivity contribution in [1.82, 2.24) is 10.5 Å². The number of alkyl carbamates (subject to hydrolysis) is 1. The van der Waals surface area contributed by atoms with Crippen molar-refractivity contribution in [2.24, 2.45) is 0 Å². The van der Waals surface area contributed by atoms with Crippen molar-refractivity contribution in [2.75, 3.05) is 0 Å². The van der Waals surface area contributed by atoms with Crippen LogP contribution in [0.4, 0.5) is 4.79 Å². The largest absolute Gasteiger partial charge is 0.444 e. The molecule has 5 heteroatoms. The Hall–Kier alpha value is -1.52. The molecule has 1 heterocycles. The van der Waals surface area contributed by atoms with Crippen LogP contribution in [0, 0.1) is 6.92 Å². The van der Waals surface area contributed by atoms with E-state index in [1.54, 1.807) is 0 Å². The summed E-state index contributed by atoms with van der Waals surface area (Å²) in [6, 6.07) is 2.13. The average molecular weight is 252 g/mol. The van der Waals surface area contributed by atoms with Crippen LogP contribution in [0.15, 0.2) is 10.6 Å². The first kappa shape index (κ1) is 12.9. The van der Waals surface area contributed by atoms with Gasteiger partial charge in [-0.25, -0.2) is 4.79 Å². The van der Waals surface area contributed by atoms with Gasteiger partial charge in [-0.1, -0.05) is 5.16 Å². The second-order valence-corrected chi connectivity index (χ2v) is 5.88. The number of aryl methyl sites for hydroxylation is 1. The maximum Gasteiger partial charge on any atom is 0.407 e. The van der Waals surface area contributed by atoms with Gasteiger partial charge in [0.05, 0.1) is 5.69 Å². The van der Waals surface area contributed by atoms with Gasteiger partial charge in [0.25, 0.3) is 0 Å². The molecule has 2 rings (SSSR count). The van der Waals surface area contributed by atoms with Crippen molar-refractivity contribution in [1.29, 1.82) is 0 Å². The Morgan fingerprint density at radius 2 is 2.17 bits per heavy atom. The standard InChI is InChI=1S/C13H20N2O3/c1-8-5-11(18-15-8)9-6-10(7-9)14-12(16)17-13(2,3)4/h5,9-10H,6-7H2,1-4H3,(H,14,16). The monoisotopic (exact) mass is 252 g/mol. The number of carbonyl (C=O) groups is 1. The van der Waals surface area contributed by atoms with Gasteiger partial charge in [0.1, 0.15) is 11.4 Å². The number of aromatic nitrogens is 1. The molecular weight excluding hydrogens is 232 g/mol. The molecule has 1 aromatic rings. The minimum Gasteiger partial charge on any atom is -0.444 e. The summed E-state index contributed by atoms with van der Waals surface area (Å²) in [7, 11) is 0. The van der Waals surface area contributed by atoms with E-state index >= 15 is 0 Å². The molecule has 100 valence electrons. The molecule has 1 aromatic heterocycles. The van der Waals surface area contributed by atoms with Crippen LogP contribution < -0.4 is 5.32 Å². The number of rotatable bonds is 2. The first-order valence-electron chi connectivity index (χ1n) is 6.26. The van der Waals surface area contributed by atoms with Crippen LogP contribution in [0.3, 0.4) is 0 Å². The molecule has 0 spiro atoms. The quantitative estimate of drug-likeness (QED) is 0.879. The third-order valence-electron chi connectivity index (χ3n) is 2.91. The summed E-state index contributed by atoms with van der Waals surface area (Å²) in [6.45, 7) is 7.47.